The van der Waals surface area contributed by atoms with Gasteiger partial charge in [-0.25, -0.2) is 4.98 Å². The van der Waals surface area contributed by atoms with Crippen LogP contribution in [0, 0.1) is 18.3 Å². The van der Waals surface area contributed by atoms with E-state index in [2.05, 4.69) is 21.4 Å². The lowest BCUT2D eigenvalue weighted by Gasteiger charge is -2.23. The number of aromatic nitrogens is 2. The molecule has 0 aliphatic heterocycles. The van der Waals surface area contributed by atoms with Crippen molar-refractivity contribution >= 4 is 28.7 Å². The number of nitriles is 1. The van der Waals surface area contributed by atoms with Crippen molar-refractivity contribution in [3.63, 3.8) is 0 Å². The smallest absolute Gasteiger partial charge is 0.323 e. The maximum absolute atomic E-state index is 11.6. The van der Waals surface area contributed by atoms with Crippen LogP contribution in [0.4, 0.5) is 0 Å². The fraction of sp³-hybridized carbons (Fsp3) is 0.212. The number of rotatable bonds is 11. The number of halogens is 1. The number of carboxylic acid groups (broad SMARTS) is 1. The minimum absolute atomic E-state index is 0.135. The summed E-state index contributed by atoms with van der Waals surface area (Å²) in [6, 6.07) is 19.1. The zero-order valence-electron chi connectivity index (χ0n) is 23.8. The molecule has 218 valence electrons. The average Bonchev–Trinajstić information content (AvgIpc) is 3.47. The molecule has 2 heterocycles. The van der Waals surface area contributed by atoms with Crippen LogP contribution < -0.4 is 14.8 Å². The van der Waals surface area contributed by atoms with Crippen LogP contribution in [0.1, 0.15) is 41.7 Å². The summed E-state index contributed by atoms with van der Waals surface area (Å²) in [5.41, 5.74) is 6.20. The van der Waals surface area contributed by atoms with Crippen LogP contribution in [0.25, 0.3) is 22.2 Å². The van der Waals surface area contributed by atoms with Gasteiger partial charge in [-0.1, -0.05) is 35.9 Å². The van der Waals surface area contributed by atoms with Crippen molar-refractivity contribution in [3.05, 3.63) is 106 Å². The second kappa shape index (κ2) is 12.5. The van der Waals surface area contributed by atoms with Gasteiger partial charge >= 0.3 is 5.97 Å². The Kier molecular flexibility index (Phi) is 8.62. The summed E-state index contributed by atoms with van der Waals surface area (Å²) in [7, 11) is 0. The van der Waals surface area contributed by atoms with Gasteiger partial charge in [-0.2, -0.15) is 5.26 Å². The van der Waals surface area contributed by atoms with Gasteiger partial charge in [0.1, 0.15) is 41.8 Å². The Morgan fingerprint density at radius 1 is 1.07 bits per heavy atom. The lowest BCUT2D eigenvalue weighted by Crippen LogP contribution is -2.46. The number of carbonyl (C=O) groups is 1. The number of carboxylic acids is 1. The maximum atomic E-state index is 11.6. The van der Waals surface area contributed by atoms with Gasteiger partial charge in [-0.05, 0) is 67.3 Å². The zero-order chi connectivity index (χ0) is 30.6. The van der Waals surface area contributed by atoms with Crippen molar-refractivity contribution < 1.29 is 23.8 Å². The molecule has 2 N–H and O–H groups in total. The number of hydrogen-bond donors (Lipinski definition) is 2. The number of pyridine rings is 1. The van der Waals surface area contributed by atoms with E-state index in [1.54, 1.807) is 38.2 Å². The van der Waals surface area contributed by atoms with Crippen molar-refractivity contribution in [1.82, 2.24) is 15.3 Å². The first-order valence-electron chi connectivity index (χ1n) is 13.5. The van der Waals surface area contributed by atoms with E-state index in [1.165, 1.54) is 12.6 Å². The molecule has 0 amide bonds. The van der Waals surface area contributed by atoms with E-state index < -0.39 is 11.5 Å². The molecule has 0 fully saturated rings. The van der Waals surface area contributed by atoms with Crippen LogP contribution in [0.2, 0.25) is 5.02 Å². The molecule has 0 bridgehead atoms. The van der Waals surface area contributed by atoms with Gasteiger partial charge in [-0.15, -0.1) is 0 Å². The maximum Gasteiger partial charge on any atom is 0.323 e. The molecule has 3 aromatic carbocycles. The van der Waals surface area contributed by atoms with Gasteiger partial charge in [0.25, 0.3) is 0 Å². The molecule has 0 spiro atoms. The fourth-order valence-corrected chi connectivity index (χ4v) is 4.71. The molecule has 0 atom stereocenters. The summed E-state index contributed by atoms with van der Waals surface area (Å²) < 4.78 is 17.8. The molecule has 9 nitrogen and oxygen atoms in total. The van der Waals surface area contributed by atoms with Gasteiger partial charge in [0.05, 0.1) is 10.6 Å². The van der Waals surface area contributed by atoms with E-state index in [9.17, 15) is 15.2 Å². The van der Waals surface area contributed by atoms with Crippen molar-refractivity contribution in [2.45, 2.75) is 46.1 Å². The van der Waals surface area contributed by atoms with Crippen LogP contribution in [-0.2, 0) is 24.6 Å². The van der Waals surface area contributed by atoms with E-state index in [0.717, 1.165) is 27.8 Å². The van der Waals surface area contributed by atoms with Gasteiger partial charge in [0, 0.05) is 36.1 Å². The van der Waals surface area contributed by atoms with E-state index in [-0.39, 0.29) is 19.8 Å². The number of oxazole rings is 1. The van der Waals surface area contributed by atoms with Crippen LogP contribution in [0.3, 0.4) is 0 Å². The Bertz CT molecular complexity index is 1840. The van der Waals surface area contributed by atoms with E-state index in [0.29, 0.717) is 38.8 Å². The quantitative estimate of drug-likeness (QED) is 0.168. The van der Waals surface area contributed by atoms with Crippen LogP contribution in [-0.4, -0.2) is 26.6 Å². The van der Waals surface area contributed by atoms with Crippen LogP contribution >= 0.6 is 11.6 Å². The second-order valence-corrected chi connectivity index (χ2v) is 11.0. The molecule has 5 aromatic rings. The summed E-state index contributed by atoms with van der Waals surface area (Å²) in [6.07, 6.45) is 4.53. The van der Waals surface area contributed by atoms with Crippen molar-refractivity contribution in [1.29, 1.82) is 5.26 Å². The third-order valence-corrected chi connectivity index (χ3v) is 7.46. The minimum atomic E-state index is -1.18. The molecular weight excluding hydrogens is 568 g/mol. The molecule has 10 heteroatoms. The van der Waals surface area contributed by atoms with Crippen LogP contribution in [0.15, 0.2) is 77.8 Å². The number of benzene rings is 3. The van der Waals surface area contributed by atoms with Crippen LogP contribution in [0.5, 0.6) is 11.5 Å². The lowest BCUT2D eigenvalue weighted by atomic mass is 9.96. The first-order chi connectivity index (χ1) is 20.6. The standard InChI is InChI=1S/C33H29ClN4O5/c1-20-24(5-4-6-26(20)23-7-8-28-31(11-23)43-19-37-28)18-42-30-12-29(41-17-22-9-21(13-35)14-36-15-22)25(10-27(30)34)16-38-33(2,3)32(39)40/h4-12,14-15,19,38H,16-18H2,1-3H3,(H,39,40). The Hall–Kier alpha value is -4.91. The van der Waals surface area contributed by atoms with E-state index >= 15 is 0 Å². The molecule has 2 aromatic heterocycles. The Morgan fingerprint density at radius 2 is 1.88 bits per heavy atom. The zero-order valence-corrected chi connectivity index (χ0v) is 24.6. The van der Waals surface area contributed by atoms with Gasteiger partial charge in [0.2, 0.25) is 0 Å². The fourth-order valence-electron chi connectivity index (χ4n) is 4.47. The predicted molar refractivity (Wildman–Crippen MR) is 162 cm³/mol. The second-order valence-electron chi connectivity index (χ2n) is 10.6. The number of nitrogens with zero attached hydrogens (tertiary/aromatic N) is 3. The molecular formula is C33H29ClN4O5. The molecule has 0 aliphatic rings. The van der Waals surface area contributed by atoms with Crippen molar-refractivity contribution in [2.75, 3.05) is 0 Å². The summed E-state index contributed by atoms with van der Waals surface area (Å²) in [6.45, 7) is 5.76. The summed E-state index contributed by atoms with van der Waals surface area (Å²) in [5, 5.41) is 22.1. The summed E-state index contributed by atoms with van der Waals surface area (Å²) in [5.74, 6) is -0.116. The molecule has 0 aliphatic carbocycles. The topological polar surface area (TPSA) is 130 Å². The van der Waals surface area contributed by atoms with E-state index in [1.807, 2.05) is 43.3 Å². The van der Waals surface area contributed by atoms with Gasteiger partial charge < -0.3 is 19.0 Å². The van der Waals surface area contributed by atoms with Gasteiger partial charge in [0.15, 0.2) is 12.0 Å². The van der Waals surface area contributed by atoms with E-state index in [4.69, 9.17) is 25.5 Å². The largest absolute Gasteiger partial charge is 0.488 e. The number of fused-ring (bicyclic) bond motifs is 1. The highest BCUT2D eigenvalue weighted by molar-refractivity contribution is 6.32. The highest BCUT2D eigenvalue weighted by atomic mass is 35.5. The highest BCUT2D eigenvalue weighted by Gasteiger charge is 2.27. The third kappa shape index (κ3) is 6.78. The Labute approximate surface area is 253 Å². The predicted octanol–water partition coefficient (Wildman–Crippen LogP) is 6.83. The molecule has 0 radical (unpaired) electrons. The number of aliphatic carboxylic acids is 1. The number of nitrogens with one attached hydrogen (secondary N) is 1. The Balaban J connectivity index is 1.39. The lowest BCUT2D eigenvalue weighted by molar-refractivity contribution is -0.143. The first-order valence-corrected chi connectivity index (χ1v) is 13.8. The highest BCUT2D eigenvalue weighted by Crippen LogP contribution is 2.35. The molecule has 0 unspecified atom stereocenters. The molecule has 0 saturated carbocycles. The average molecular weight is 597 g/mol. The summed E-state index contributed by atoms with van der Waals surface area (Å²) >= 11 is 6.66. The minimum Gasteiger partial charge on any atom is -0.488 e. The van der Waals surface area contributed by atoms with Crippen molar-refractivity contribution in [2.24, 2.45) is 0 Å². The first kappa shape index (κ1) is 29.6. The number of hydrogen-bond acceptors (Lipinski definition) is 8. The number of ether oxygens (including phenoxy) is 2. The summed E-state index contributed by atoms with van der Waals surface area (Å²) in [4.78, 5) is 19.9. The molecule has 43 heavy (non-hydrogen) atoms. The molecule has 5 rings (SSSR count). The molecule has 0 saturated heterocycles. The van der Waals surface area contributed by atoms with Gasteiger partial charge in [-0.3, -0.25) is 15.1 Å². The van der Waals surface area contributed by atoms with Crippen molar-refractivity contribution in [3.8, 4) is 28.7 Å². The monoisotopic (exact) mass is 596 g/mol. The Morgan fingerprint density at radius 3 is 2.67 bits per heavy atom. The normalized spacial score (nSPS) is 11.3. The SMILES string of the molecule is Cc1c(COc2cc(OCc3cncc(C#N)c3)c(CNC(C)(C)C(=O)O)cc2Cl)cccc1-c1ccc2ncoc2c1. The third-order valence-electron chi connectivity index (χ3n) is 7.16.